The summed E-state index contributed by atoms with van der Waals surface area (Å²) < 4.78 is 26.0. The lowest BCUT2D eigenvalue weighted by Gasteiger charge is -2.12. The fourth-order valence-corrected chi connectivity index (χ4v) is 1.41. The number of benzene rings is 1. The lowest BCUT2D eigenvalue weighted by molar-refractivity contribution is -0.136. The Hall–Kier alpha value is -1.82. The molecular weight excluding hydrogens is 244 g/mol. The van der Waals surface area contributed by atoms with Gasteiger partial charge in [-0.3, -0.25) is 9.59 Å². The van der Waals surface area contributed by atoms with Gasteiger partial charge in [-0.1, -0.05) is 0 Å². The average molecular weight is 257 g/mol. The second kappa shape index (κ2) is 6.20. The zero-order chi connectivity index (χ0) is 13.7. The first kappa shape index (κ1) is 14.2. The molecule has 98 valence electrons. The van der Waals surface area contributed by atoms with Crippen LogP contribution in [0, 0.1) is 11.6 Å². The summed E-state index contributed by atoms with van der Waals surface area (Å²) in [6, 6.07) is 1.98. The van der Waals surface area contributed by atoms with E-state index in [-0.39, 0.29) is 18.5 Å². The Morgan fingerprint density at radius 3 is 2.61 bits per heavy atom. The maximum absolute atomic E-state index is 13.3. The second-order valence-corrected chi connectivity index (χ2v) is 3.81. The highest BCUT2D eigenvalue weighted by Gasteiger charge is 2.18. The summed E-state index contributed by atoms with van der Waals surface area (Å²) in [6.45, 7) is 1.60. The Labute approximate surface area is 103 Å². The number of carboxylic acids is 1. The van der Waals surface area contributed by atoms with Crippen LogP contribution in [-0.4, -0.2) is 29.4 Å². The molecule has 4 nitrogen and oxygen atoms in total. The number of carboxylic acid groups (broad SMARTS) is 1. The van der Waals surface area contributed by atoms with Crippen LogP contribution in [0.4, 0.5) is 8.78 Å². The number of hydrogen-bond donors (Lipinski definition) is 2. The van der Waals surface area contributed by atoms with Gasteiger partial charge < -0.3 is 10.4 Å². The Morgan fingerprint density at radius 1 is 1.39 bits per heavy atom. The molecule has 1 aromatic carbocycles. The first-order chi connectivity index (χ1) is 8.41. The summed E-state index contributed by atoms with van der Waals surface area (Å²) in [5.41, 5.74) is -0.216. The van der Waals surface area contributed by atoms with Crippen LogP contribution in [0.3, 0.4) is 0 Å². The van der Waals surface area contributed by atoms with E-state index in [2.05, 4.69) is 5.32 Å². The van der Waals surface area contributed by atoms with Crippen LogP contribution in [0.5, 0.6) is 0 Å². The highest BCUT2D eigenvalue weighted by atomic mass is 19.1. The van der Waals surface area contributed by atoms with Crippen LogP contribution in [0.2, 0.25) is 0 Å². The molecule has 2 N–H and O–H groups in total. The molecular formula is C12H13F2NO3. The van der Waals surface area contributed by atoms with Crippen molar-refractivity contribution in [2.45, 2.75) is 19.4 Å². The van der Waals surface area contributed by atoms with Crippen molar-refractivity contribution in [3.63, 3.8) is 0 Å². The van der Waals surface area contributed by atoms with E-state index in [0.717, 1.165) is 12.1 Å². The first-order valence-corrected chi connectivity index (χ1v) is 5.36. The molecule has 0 saturated heterocycles. The minimum absolute atomic E-state index is 0.102. The van der Waals surface area contributed by atoms with Crippen molar-refractivity contribution in [1.82, 2.24) is 5.32 Å². The number of ketones is 1. The van der Waals surface area contributed by atoms with Gasteiger partial charge in [0.25, 0.3) is 0 Å². The van der Waals surface area contributed by atoms with Crippen LogP contribution >= 0.6 is 0 Å². The predicted molar refractivity (Wildman–Crippen MR) is 60.4 cm³/mol. The molecule has 0 aliphatic heterocycles. The third-order valence-corrected chi connectivity index (χ3v) is 2.38. The second-order valence-electron chi connectivity index (χ2n) is 3.81. The molecule has 1 aromatic rings. The van der Waals surface area contributed by atoms with Gasteiger partial charge >= 0.3 is 5.97 Å². The van der Waals surface area contributed by atoms with E-state index in [0.29, 0.717) is 6.07 Å². The third kappa shape index (κ3) is 3.89. The van der Waals surface area contributed by atoms with E-state index in [9.17, 15) is 18.4 Å². The van der Waals surface area contributed by atoms with Crippen LogP contribution in [-0.2, 0) is 4.79 Å². The fraction of sp³-hybridized carbons (Fsp3) is 0.333. The molecule has 1 atom stereocenters. The summed E-state index contributed by atoms with van der Waals surface area (Å²) in [4.78, 5) is 22.1. The number of hydrogen-bond acceptors (Lipinski definition) is 3. The van der Waals surface area contributed by atoms with Crippen molar-refractivity contribution in [2.24, 2.45) is 0 Å². The van der Waals surface area contributed by atoms with Gasteiger partial charge in [0.05, 0.1) is 18.0 Å². The van der Waals surface area contributed by atoms with Gasteiger partial charge in [0.2, 0.25) is 0 Å². The molecule has 0 saturated carbocycles. The quantitative estimate of drug-likeness (QED) is 0.760. The summed E-state index contributed by atoms with van der Waals surface area (Å²) in [5.74, 6) is -3.21. The minimum atomic E-state index is -0.991. The smallest absolute Gasteiger partial charge is 0.304 e. The van der Waals surface area contributed by atoms with Crippen molar-refractivity contribution in [3.05, 3.63) is 35.4 Å². The molecule has 6 heteroatoms. The summed E-state index contributed by atoms with van der Waals surface area (Å²) >= 11 is 0. The number of rotatable bonds is 6. The maximum Gasteiger partial charge on any atom is 0.304 e. The Morgan fingerprint density at radius 2 is 2.06 bits per heavy atom. The van der Waals surface area contributed by atoms with Crippen LogP contribution in [0.1, 0.15) is 23.7 Å². The number of Topliss-reactive ketones (excluding diaryl/α,β-unsaturated/α-hetero) is 1. The van der Waals surface area contributed by atoms with Crippen molar-refractivity contribution in [3.8, 4) is 0 Å². The zero-order valence-electron chi connectivity index (χ0n) is 9.74. The molecule has 1 unspecified atom stereocenters. The van der Waals surface area contributed by atoms with Gasteiger partial charge in [0.1, 0.15) is 11.6 Å². The third-order valence-electron chi connectivity index (χ3n) is 2.38. The van der Waals surface area contributed by atoms with E-state index in [4.69, 9.17) is 5.11 Å². The molecule has 0 spiro atoms. The molecule has 0 radical (unpaired) electrons. The van der Waals surface area contributed by atoms with Gasteiger partial charge in [-0.05, 0) is 19.1 Å². The van der Waals surface area contributed by atoms with E-state index in [1.165, 1.54) is 6.92 Å². The molecule has 0 amide bonds. The van der Waals surface area contributed by atoms with Crippen LogP contribution < -0.4 is 5.32 Å². The molecule has 18 heavy (non-hydrogen) atoms. The maximum atomic E-state index is 13.3. The summed E-state index contributed by atoms with van der Waals surface area (Å²) in [6.07, 6.45) is -0.135. The molecule has 0 aliphatic rings. The number of carbonyl (C=O) groups excluding carboxylic acids is 1. The highest BCUT2D eigenvalue weighted by molar-refractivity contribution is 6.00. The van der Waals surface area contributed by atoms with E-state index in [1.807, 2.05) is 0 Å². The number of carbonyl (C=O) groups is 2. The van der Waals surface area contributed by atoms with Crippen molar-refractivity contribution in [2.75, 3.05) is 6.54 Å². The van der Waals surface area contributed by atoms with Crippen molar-refractivity contribution in [1.29, 1.82) is 0 Å². The van der Waals surface area contributed by atoms with Gasteiger partial charge in [0.15, 0.2) is 5.78 Å². The molecule has 1 rings (SSSR count). The molecule has 0 heterocycles. The van der Waals surface area contributed by atoms with E-state index >= 15 is 0 Å². The normalized spacial score (nSPS) is 12.2. The van der Waals surface area contributed by atoms with Crippen molar-refractivity contribution >= 4 is 11.8 Å². The van der Waals surface area contributed by atoms with Crippen molar-refractivity contribution < 1.29 is 23.5 Å². The van der Waals surface area contributed by atoms with E-state index < -0.39 is 29.4 Å². The molecule has 0 bridgehead atoms. The Balaban J connectivity index is 2.65. The number of halogens is 2. The summed E-state index contributed by atoms with van der Waals surface area (Å²) in [7, 11) is 0. The van der Waals surface area contributed by atoms with Crippen LogP contribution in [0.15, 0.2) is 18.2 Å². The first-order valence-electron chi connectivity index (χ1n) is 5.36. The average Bonchev–Trinajstić information content (AvgIpc) is 2.27. The fourth-order valence-electron chi connectivity index (χ4n) is 1.41. The monoisotopic (exact) mass is 257 g/mol. The molecule has 0 aromatic heterocycles. The lowest BCUT2D eigenvalue weighted by Crippen LogP contribution is -2.35. The van der Waals surface area contributed by atoms with Gasteiger partial charge in [-0.2, -0.15) is 0 Å². The van der Waals surface area contributed by atoms with Crippen LogP contribution in [0.25, 0.3) is 0 Å². The zero-order valence-corrected chi connectivity index (χ0v) is 9.74. The highest BCUT2D eigenvalue weighted by Crippen LogP contribution is 2.11. The van der Waals surface area contributed by atoms with E-state index in [1.54, 1.807) is 0 Å². The predicted octanol–water partition coefficient (Wildman–Crippen LogP) is 1.60. The number of aliphatic carboxylic acids is 1. The van der Waals surface area contributed by atoms with Gasteiger partial charge in [0, 0.05) is 12.6 Å². The molecule has 0 aliphatic carbocycles. The standard InChI is InChI=1S/C12H13F2NO3/c1-7(15-5-4-11(16)17)12(18)9-3-2-8(13)6-10(9)14/h2-3,6-7,15H,4-5H2,1H3,(H,16,17). The van der Waals surface area contributed by atoms with Gasteiger partial charge in [-0.25, -0.2) is 8.78 Å². The van der Waals surface area contributed by atoms with Gasteiger partial charge in [-0.15, -0.1) is 0 Å². The number of nitrogens with one attached hydrogen (secondary N) is 1. The Bertz CT molecular complexity index is 463. The SMILES string of the molecule is CC(NCCC(=O)O)C(=O)c1ccc(F)cc1F. The molecule has 0 fully saturated rings. The topological polar surface area (TPSA) is 66.4 Å². The largest absolute Gasteiger partial charge is 0.481 e. The summed E-state index contributed by atoms with van der Waals surface area (Å²) in [5, 5.41) is 11.1. The Kier molecular flexibility index (Phi) is 4.91. The minimum Gasteiger partial charge on any atom is -0.481 e. The lowest BCUT2D eigenvalue weighted by atomic mass is 10.0.